The minimum absolute atomic E-state index is 0.198. The van der Waals surface area contributed by atoms with Crippen LogP contribution >= 0.6 is 11.6 Å². The first kappa shape index (κ1) is 17.1. The highest BCUT2D eigenvalue weighted by molar-refractivity contribution is 6.34. The smallest absolute Gasteiger partial charge is 0.224 e. The number of ketones is 1. The lowest BCUT2D eigenvalue weighted by Gasteiger charge is -2.21. The van der Waals surface area contributed by atoms with Crippen LogP contribution in [0.2, 0.25) is 5.02 Å². The topological polar surface area (TPSA) is 104 Å². The number of hydrogen-bond donors (Lipinski definition) is 2. The lowest BCUT2D eigenvalue weighted by Crippen LogP contribution is -2.35. The molecule has 2 heterocycles. The number of carbonyl (C=O) groups excluding carboxylic acids is 2. The Hall–Kier alpha value is -2.73. The summed E-state index contributed by atoms with van der Waals surface area (Å²) in [6, 6.07) is 4.95. The maximum Gasteiger partial charge on any atom is 0.224 e. The van der Waals surface area contributed by atoms with Gasteiger partial charge in [-0.3, -0.25) is 9.59 Å². The third kappa shape index (κ3) is 3.00. The van der Waals surface area contributed by atoms with Crippen LogP contribution in [-0.2, 0) is 11.3 Å². The van der Waals surface area contributed by atoms with Gasteiger partial charge in [0.25, 0.3) is 0 Å². The number of benzene rings is 1. The molecule has 0 radical (unpaired) electrons. The SMILES string of the molecule is CC(C)(Cn1cc(C(=O)c2ccoc2)c2cc(N)c(Cl)cc21)C(N)=O. The molecule has 0 fully saturated rings. The highest BCUT2D eigenvalue weighted by Crippen LogP contribution is 2.32. The van der Waals surface area contributed by atoms with Crippen LogP contribution in [0.5, 0.6) is 0 Å². The van der Waals surface area contributed by atoms with E-state index >= 15 is 0 Å². The Morgan fingerprint density at radius 3 is 2.64 bits per heavy atom. The number of fused-ring (bicyclic) bond motifs is 1. The number of aromatic nitrogens is 1. The van der Waals surface area contributed by atoms with Gasteiger partial charge in [0, 0.05) is 23.7 Å². The molecule has 6 nitrogen and oxygen atoms in total. The Bertz CT molecular complexity index is 971. The summed E-state index contributed by atoms with van der Waals surface area (Å²) in [6.07, 6.45) is 4.52. The highest BCUT2D eigenvalue weighted by Gasteiger charge is 2.28. The zero-order valence-electron chi connectivity index (χ0n) is 13.9. The van der Waals surface area contributed by atoms with E-state index in [2.05, 4.69) is 0 Å². The Balaban J connectivity index is 2.20. The van der Waals surface area contributed by atoms with Crippen LogP contribution in [0, 0.1) is 5.41 Å². The van der Waals surface area contributed by atoms with Gasteiger partial charge < -0.3 is 20.5 Å². The molecule has 0 unspecified atom stereocenters. The normalized spacial score (nSPS) is 11.8. The molecule has 3 aromatic rings. The number of furan rings is 1. The number of hydrogen-bond acceptors (Lipinski definition) is 4. The van der Waals surface area contributed by atoms with E-state index < -0.39 is 11.3 Å². The number of nitrogen functional groups attached to an aromatic ring is 1. The van der Waals surface area contributed by atoms with Gasteiger partial charge in [0.15, 0.2) is 5.78 Å². The van der Waals surface area contributed by atoms with E-state index in [1.807, 2.05) is 0 Å². The summed E-state index contributed by atoms with van der Waals surface area (Å²) < 4.78 is 6.80. The minimum Gasteiger partial charge on any atom is -0.472 e. The van der Waals surface area contributed by atoms with E-state index in [1.54, 1.807) is 42.8 Å². The Kier molecular flexibility index (Phi) is 4.08. The lowest BCUT2D eigenvalue weighted by molar-refractivity contribution is -0.126. The molecule has 1 amide bonds. The average Bonchev–Trinajstić information content (AvgIpc) is 3.16. The van der Waals surface area contributed by atoms with Gasteiger partial charge in [-0.05, 0) is 32.0 Å². The summed E-state index contributed by atoms with van der Waals surface area (Å²) >= 11 is 6.15. The summed E-state index contributed by atoms with van der Waals surface area (Å²) in [5, 5.41) is 1.04. The van der Waals surface area contributed by atoms with Gasteiger partial charge in [0.1, 0.15) is 6.26 Å². The predicted octanol–water partition coefficient (Wildman–Crippen LogP) is 3.21. The standard InChI is InChI=1S/C18H18ClN3O3/c1-18(2,17(21)24)9-22-7-12(16(23)10-3-4-25-8-10)11-5-14(20)13(19)6-15(11)22/h3-8H,9,20H2,1-2H3,(H2,21,24). The first-order valence-corrected chi connectivity index (χ1v) is 8.03. The molecule has 2 aromatic heterocycles. The summed E-state index contributed by atoms with van der Waals surface area (Å²) in [4.78, 5) is 24.5. The van der Waals surface area contributed by atoms with Crippen molar-refractivity contribution < 1.29 is 14.0 Å². The van der Waals surface area contributed by atoms with E-state index in [4.69, 9.17) is 27.5 Å². The molecule has 0 atom stereocenters. The fourth-order valence-electron chi connectivity index (χ4n) is 2.69. The molecular formula is C18H18ClN3O3. The maximum absolute atomic E-state index is 12.8. The van der Waals surface area contributed by atoms with Gasteiger partial charge in [0.05, 0.1) is 33.5 Å². The first-order valence-electron chi connectivity index (χ1n) is 7.65. The van der Waals surface area contributed by atoms with Crippen LogP contribution in [0.4, 0.5) is 5.69 Å². The Morgan fingerprint density at radius 2 is 2.04 bits per heavy atom. The van der Waals surface area contributed by atoms with E-state index in [9.17, 15) is 9.59 Å². The second-order valence-corrected chi connectivity index (χ2v) is 7.06. The van der Waals surface area contributed by atoms with Crippen LogP contribution in [0.15, 0.2) is 41.3 Å². The molecule has 3 rings (SSSR count). The van der Waals surface area contributed by atoms with Crippen LogP contribution in [-0.4, -0.2) is 16.3 Å². The van der Waals surface area contributed by atoms with Crippen molar-refractivity contribution >= 4 is 39.9 Å². The van der Waals surface area contributed by atoms with Crippen LogP contribution in [0.1, 0.15) is 29.8 Å². The fourth-order valence-corrected chi connectivity index (χ4v) is 2.85. The van der Waals surface area contributed by atoms with Gasteiger partial charge in [-0.2, -0.15) is 0 Å². The zero-order valence-corrected chi connectivity index (χ0v) is 14.6. The minimum atomic E-state index is -0.796. The van der Waals surface area contributed by atoms with Gasteiger partial charge in [-0.25, -0.2) is 0 Å². The molecule has 0 saturated heterocycles. The maximum atomic E-state index is 12.8. The molecule has 7 heteroatoms. The number of carbonyl (C=O) groups is 2. The van der Waals surface area contributed by atoms with Gasteiger partial charge in [-0.15, -0.1) is 0 Å². The zero-order chi connectivity index (χ0) is 18.4. The molecule has 1 aromatic carbocycles. The van der Waals surface area contributed by atoms with Crippen molar-refractivity contribution in [3.63, 3.8) is 0 Å². The summed E-state index contributed by atoms with van der Waals surface area (Å²) in [5.41, 5.74) is 12.6. The first-order chi connectivity index (χ1) is 11.7. The van der Waals surface area contributed by atoms with E-state index in [0.29, 0.717) is 39.3 Å². The number of primary amides is 1. The number of amides is 1. The third-order valence-corrected chi connectivity index (χ3v) is 4.59. The quantitative estimate of drug-likeness (QED) is 0.539. The number of nitrogens with two attached hydrogens (primary N) is 2. The molecule has 0 aliphatic carbocycles. The van der Waals surface area contributed by atoms with Gasteiger partial charge >= 0.3 is 0 Å². The number of rotatable bonds is 5. The second kappa shape index (κ2) is 5.97. The molecule has 0 aliphatic rings. The van der Waals surface area contributed by atoms with Crippen molar-refractivity contribution in [1.82, 2.24) is 4.57 Å². The van der Waals surface area contributed by atoms with Crippen molar-refractivity contribution in [2.75, 3.05) is 5.73 Å². The molecule has 0 aliphatic heterocycles. The van der Waals surface area contributed by atoms with Crippen molar-refractivity contribution in [2.45, 2.75) is 20.4 Å². The Labute approximate surface area is 149 Å². The van der Waals surface area contributed by atoms with E-state index in [0.717, 1.165) is 0 Å². The number of nitrogens with zero attached hydrogens (tertiary/aromatic N) is 1. The average molecular weight is 360 g/mol. The molecule has 25 heavy (non-hydrogen) atoms. The third-order valence-electron chi connectivity index (χ3n) is 4.26. The van der Waals surface area contributed by atoms with Crippen LogP contribution < -0.4 is 11.5 Å². The molecule has 4 N–H and O–H groups in total. The largest absolute Gasteiger partial charge is 0.472 e. The highest BCUT2D eigenvalue weighted by atomic mass is 35.5. The van der Waals surface area contributed by atoms with Crippen molar-refractivity contribution in [3.8, 4) is 0 Å². The van der Waals surface area contributed by atoms with Crippen molar-refractivity contribution in [2.24, 2.45) is 11.1 Å². The molecule has 0 bridgehead atoms. The predicted molar refractivity (Wildman–Crippen MR) is 96.5 cm³/mol. The summed E-state index contributed by atoms with van der Waals surface area (Å²) in [6.45, 7) is 3.80. The Morgan fingerprint density at radius 1 is 1.32 bits per heavy atom. The number of halogens is 1. The summed E-state index contributed by atoms with van der Waals surface area (Å²) in [7, 11) is 0. The lowest BCUT2D eigenvalue weighted by atomic mass is 9.92. The molecule has 130 valence electrons. The monoisotopic (exact) mass is 359 g/mol. The fraction of sp³-hybridized carbons (Fsp3) is 0.222. The molecule has 0 saturated carbocycles. The van der Waals surface area contributed by atoms with Gasteiger partial charge in [-0.1, -0.05) is 11.6 Å². The van der Waals surface area contributed by atoms with Crippen molar-refractivity contribution in [1.29, 1.82) is 0 Å². The van der Waals surface area contributed by atoms with Crippen LogP contribution in [0.3, 0.4) is 0 Å². The molecule has 0 spiro atoms. The van der Waals surface area contributed by atoms with E-state index in [1.165, 1.54) is 12.5 Å². The summed E-state index contributed by atoms with van der Waals surface area (Å²) in [5.74, 6) is -0.630. The van der Waals surface area contributed by atoms with Crippen molar-refractivity contribution in [3.05, 3.63) is 53.1 Å². The number of anilines is 1. The van der Waals surface area contributed by atoms with Gasteiger partial charge in [0.2, 0.25) is 5.91 Å². The molecular weight excluding hydrogens is 342 g/mol. The van der Waals surface area contributed by atoms with Crippen LogP contribution in [0.25, 0.3) is 10.9 Å². The van der Waals surface area contributed by atoms with E-state index in [-0.39, 0.29) is 5.78 Å². The second-order valence-electron chi connectivity index (χ2n) is 6.65.